The number of amides is 2. The lowest BCUT2D eigenvalue weighted by molar-refractivity contribution is -0.134. The first-order valence-corrected chi connectivity index (χ1v) is 12.1. The zero-order valence-corrected chi connectivity index (χ0v) is 20.0. The van der Waals surface area contributed by atoms with Crippen LogP contribution in [0.4, 0.5) is 10.2 Å². The number of aromatic nitrogens is 1. The van der Waals surface area contributed by atoms with Gasteiger partial charge in [0, 0.05) is 23.5 Å². The number of rotatable bonds is 8. The monoisotopic (exact) mass is 492 g/mol. The van der Waals surface area contributed by atoms with Crippen LogP contribution in [0.2, 0.25) is 0 Å². The van der Waals surface area contributed by atoms with Gasteiger partial charge in [0.1, 0.15) is 12.4 Å². The van der Waals surface area contributed by atoms with E-state index >= 15 is 0 Å². The first kappa shape index (κ1) is 24.0. The SMILES string of the molecule is CC1CCCN1c1cc(COc2ccc(CC3(C(N)=O)CC3C(=O)NO)cc2F)c2ccccc2n1. The van der Waals surface area contributed by atoms with Crippen LogP contribution in [0.15, 0.2) is 48.5 Å². The Labute approximate surface area is 208 Å². The van der Waals surface area contributed by atoms with Gasteiger partial charge in [0.05, 0.1) is 16.8 Å². The summed E-state index contributed by atoms with van der Waals surface area (Å²) in [6, 6.07) is 14.8. The van der Waals surface area contributed by atoms with Crippen molar-refractivity contribution < 1.29 is 23.9 Å². The predicted octanol–water partition coefficient (Wildman–Crippen LogP) is 3.48. The van der Waals surface area contributed by atoms with Gasteiger partial charge in [-0.1, -0.05) is 24.3 Å². The quantitative estimate of drug-likeness (QED) is 0.327. The molecule has 3 aromatic rings. The molecule has 3 unspecified atom stereocenters. The molecule has 188 valence electrons. The van der Waals surface area contributed by atoms with Gasteiger partial charge in [-0.15, -0.1) is 0 Å². The molecule has 36 heavy (non-hydrogen) atoms. The Hall–Kier alpha value is -3.72. The van der Waals surface area contributed by atoms with Crippen LogP contribution >= 0.6 is 0 Å². The molecule has 2 aliphatic rings. The van der Waals surface area contributed by atoms with E-state index in [-0.39, 0.29) is 25.2 Å². The average molecular weight is 493 g/mol. The maximum atomic E-state index is 15.0. The van der Waals surface area contributed by atoms with Gasteiger partial charge < -0.3 is 15.4 Å². The van der Waals surface area contributed by atoms with Crippen molar-refractivity contribution in [1.82, 2.24) is 10.5 Å². The van der Waals surface area contributed by atoms with Gasteiger partial charge in [0.2, 0.25) is 11.8 Å². The molecule has 2 fully saturated rings. The van der Waals surface area contributed by atoms with Crippen molar-refractivity contribution in [1.29, 1.82) is 0 Å². The van der Waals surface area contributed by atoms with Crippen LogP contribution in [0, 0.1) is 17.2 Å². The summed E-state index contributed by atoms with van der Waals surface area (Å²) in [5.74, 6) is -1.62. The minimum Gasteiger partial charge on any atom is -0.486 e. The third kappa shape index (κ3) is 4.35. The first-order valence-electron chi connectivity index (χ1n) is 12.1. The number of para-hydroxylation sites is 1. The van der Waals surface area contributed by atoms with E-state index in [0.717, 1.165) is 41.7 Å². The Morgan fingerprint density at radius 3 is 2.78 bits per heavy atom. The third-order valence-electron chi connectivity index (χ3n) is 7.53. The molecule has 8 nitrogen and oxygen atoms in total. The number of nitrogens with zero attached hydrogens (tertiary/aromatic N) is 2. The van der Waals surface area contributed by atoms with Crippen molar-refractivity contribution in [3.8, 4) is 5.75 Å². The van der Waals surface area contributed by atoms with Gasteiger partial charge in [0.15, 0.2) is 11.6 Å². The van der Waals surface area contributed by atoms with Crippen molar-refractivity contribution in [2.75, 3.05) is 11.4 Å². The van der Waals surface area contributed by atoms with E-state index in [4.69, 9.17) is 20.7 Å². The lowest BCUT2D eigenvalue weighted by Crippen LogP contribution is -2.33. The minimum absolute atomic E-state index is 0.0873. The van der Waals surface area contributed by atoms with Crippen molar-refractivity contribution >= 4 is 28.5 Å². The van der Waals surface area contributed by atoms with Crippen LogP contribution in [0.5, 0.6) is 5.75 Å². The van der Waals surface area contributed by atoms with E-state index in [1.54, 1.807) is 11.5 Å². The summed E-state index contributed by atoms with van der Waals surface area (Å²) in [5, 5.41) is 9.84. The van der Waals surface area contributed by atoms with Gasteiger partial charge in [-0.2, -0.15) is 0 Å². The smallest absolute Gasteiger partial charge is 0.247 e. The number of pyridine rings is 1. The van der Waals surface area contributed by atoms with Crippen molar-refractivity contribution in [3.05, 3.63) is 65.5 Å². The highest BCUT2D eigenvalue weighted by Gasteiger charge is 2.62. The summed E-state index contributed by atoms with van der Waals surface area (Å²) in [4.78, 5) is 30.9. The molecule has 2 aromatic carbocycles. The second-order valence-electron chi connectivity index (χ2n) is 9.82. The van der Waals surface area contributed by atoms with Crippen LogP contribution < -0.4 is 20.9 Å². The Bertz CT molecular complexity index is 1330. The van der Waals surface area contributed by atoms with E-state index in [1.165, 1.54) is 12.1 Å². The zero-order chi connectivity index (χ0) is 25.4. The molecule has 2 amide bonds. The normalized spacial score (nSPS) is 23.0. The number of primary amides is 1. The average Bonchev–Trinajstić information content (AvgIpc) is 3.45. The highest BCUT2D eigenvalue weighted by atomic mass is 19.1. The largest absolute Gasteiger partial charge is 0.486 e. The fourth-order valence-electron chi connectivity index (χ4n) is 5.34. The summed E-state index contributed by atoms with van der Waals surface area (Å²) in [7, 11) is 0. The van der Waals surface area contributed by atoms with Gasteiger partial charge >= 0.3 is 0 Å². The molecule has 1 aliphatic heterocycles. The molecule has 2 heterocycles. The topological polar surface area (TPSA) is 118 Å². The lowest BCUT2D eigenvalue weighted by atomic mass is 9.92. The molecule has 1 saturated heterocycles. The Balaban J connectivity index is 1.35. The number of benzene rings is 2. The summed E-state index contributed by atoms with van der Waals surface area (Å²) in [6.45, 7) is 3.31. The Morgan fingerprint density at radius 1 is 1.28 bits per heavy atom. The number of fused-ring (bicyclic) bond motifs is 1. The molecule has 3 atom stereocenters. The second kappa shape index (κ2) is 9.39. The van der Waals surface area contributed by atoms with Crippen molar-refractivity contribution in [2.45, 2.75) is 45.3 Å². The van der Waals surface area contributed by atoms with Crippen LogP contribution in [-0.2, 0) is 22.6 Å². The van der Waals surface area contributed by atoms with Crippen LogP contribution in [0.25, 0.3) is 10.9 Å². The summed E-state index contributed by atoms with van der Waals surface area (Å²) < 4.78 is 20.9. The number of hydroxylamine groups is 1. The summed E-state index contributed by atoms with van der Waals surface area (Å²) in [6.07, 6.45) is 2.56. The predicted molar refractivity (Wildman–Crippen MR) is 132 cm³/mol. The van der Waals surface area contributed by atoms with E-state index < -0.39 is 29.0 Å². The maximum Gasteiger partial charge on any atom is 0.247 e. The Morgan fingerprint density at radius 2 is 2.08 bits per heavy atom. The molecule has 0 bridgehead atoms. The third-order valence-corrected chi connectivity index (χ3v) is 7.53. The number of halogens is 1. The molecule has 4 N–H and O–H groups in total. The van der Waals surface area contributed by atoms with Gasteiger partial charge in [0.25, 0.3) is 0 Å². The van der Waals surface area contributed by atoms with Gasteiger partial charge in [-0.3, -0.25) is 14.8 Å². The van der Waals surface area contributed by atoms with Gasteiger partial charge in [-0.05, 0) is 62.4 Å². The molecule has 1 aliphatic carbocycles. The van der Waals surface area contributed by atoms with Crippen LogP contribution in [0.1, 0.15) is 37.3 Å². The molecule has 0 radical (unpaired) electrons. The number of anilines is 1. The van der Waals surface area contributed by atoms with E-state index in [9.17, 15) is 14.0 Å². The molecular weight excluding hydrogens is 463 g/mol. The second-order valence-corrected chi connectivity index (χ2v) is 9.82. The molecule has 1 aromatic heterocycles. The number of ether oxygens (including phenoxy) is 1. The molecule has 5 rings (SSSR count). The van der Waals surface area contributed by atoms with E-state index in [0.29, 0.717) is 11.6 Å². The Kier molecular flexibility index (Phi) is 6.26. The fraction of sp³-hybridized carbons (Fsp3) is 0.370. The number of nitrogens with one attached hydrogen (secondary N) is 1. The van der Waals surface area contributed by atoms with Crippen LogP contribution in [0.3, 0.4) is 0 Å². The number of carbonyl (C=O) groups is 2. The standard InChI is InChI=1S/C27H29FN4O4/c1-16-5-4-10-32(16)24-12-18(19-6-2-3-7-22(19)30-24)15-36-23-9-8-17(11-21(23)28)13-27(26(29)34)14-20(27)25(33)31-35/h2-3,6-9,11-12,16,20,35H,4-5,10,13-15H2,1H3,(H2,29,34)(H,31,33). The van der Waals surface area contributed by atoms with Gasteiger partial charge in [-0.25, -0.2) is 14.9 Å². The summed E-state index contributed by atoms with van der Waals surface area (Å²) in [5.41, 5.74) is 8.27. The van der Waals surface area contributed by atoms with E-state index in [2.05, 4.69) is 11.8 Å². The number of carbonyl (C=O) groups excluding carboxylic acids is 2. The fourth-order valence-corrected chi connectivity index (χ4v) is 5.34. The highest BCUT2D eigenvalue weighted by Crippen LogP contribution is 2.54. The molecular formula is C27H29FN4O4. The molecule has 1 saturated carbocycles. The highest BCUT2D eigenvalue weighted by molar-refractivity contribution is 5.95. The van der Waals surface area contributed by atoms with E-state index in [1.807, 2.05) is 30.3 Å². The number of nitrogens with two attached hydrogens (primary N) is 1. The van der Waals surface area contributed by atoms with Crippen molar-refractivity contribution in [2.24, 2.45) is 17.1 Å². The first-order chi connectivity index (χ1) is 17.3. The maximum absolute atomic E-state index is 15.0. The molecule has 0 spiro atoms. The molecule has 9 heteroatoms. The number of hydrogen-bond donors (Lipinski definition) is 3. The van der Waals surface area contributed by atoms with Crippen molar-refractivity contribution in [3.63, 3.8) is 0 Å². The zero-order valence-electron chi connectivity index (χ0n) is 20.0. The lowest BCUT2D eigenvalue weighted by Gasteiger charge is -2.24. The number of hydrogen-bond acceptors (Lipinski definition) is 6. The minimum atomic E-state index is -1.12. The summed E-state index contributed by atoms with van der Waals surface area (Å²) >= 11 is 0. The van der Waals surface area contributed by atoms with Crippen LogP contribution in [-0.4, -0.2) is 34.6 Å².